The summed E-state index contributed by atoms with van der Waals surface area (Å²) in [6, 6.07) is 13.5. The minimum atomic E-state index is -0.0488. The number of aryl methyl sites for hydroxylation is 1. The minimum Gasteiger partial charge on any atom is -0.352 e. The molecule has 1 aromatic carbocycles. The van der Waals surface area contributed by atoms with Crippen LogP contribution in [0.25, 0.3) is 11.3 Å². The highest BCUT2D eigenvalue weighted by molar-refractivity contribution is 7.09. The van der Waals surface area contributed by atoms with E-state index in [2.05, 4.69) is 25.8 Å². The molecule has 0 saturated carbocycles. The lowest BCUT2D eigenvalue weighted by molar-refractivity contribution is 0.0953. The average molecular weight is 404 g/mol. The molecule has 0 fully saturated rings. The normalized spacial score (nSPS) is 10.8. The highest BCUT2D eigenvalue weighted by Gasteiger charge is 2.07. The third-order valence-corrected chi connectivity index (χ3v) is 5.41. The van der Waals surface area contributed by atoms with E-state index in [-0.39, 0.29) is 5.91 Å². The number of hydrogen-bond donors (Lipinski definition) is 1. The monoisotopic (exact) mass is 403 g/mol. The van der Waals surface area contributed by atoms with E-state index in [0.717, 1.165) is 34.7 Å². The highest BCUT2D eigenvalue weighted by Crippen LogP contribution is 2.21. The molecule has 0 aliphatic carbocycles. The first-order chi connectivity index (χ1) is 14.3. The van der Waals surface area contributed by atoms with Crippen LogP contribution >= 0.6 is 11.3 Å². The van der Waals surface area contributed by atoms with Crippen LogP contribution in [0.5, 0.6) is 0 Å². The van der Waals surface area contributed by atoms with Gasteiger partial charge in [-0.3, -0.25) is 14.5 Å². The van der Waals surface area contributed by atoms with E-state index < -0.39 is 0 Å². The molecule has 0 aliphatic rings. The number of nitrogens with one attached hydrogen (secondary N) is 1. The standard InChI is InChI=1S/C22H21N5OS/c28-22(19-6-4-17(5-7-19)15-27-14-2-11-25-27)24-10-1-3-21-26-20(16-29-21)18-8-12-23-13-9-18/h2,4-9,11-14,16H,1,3,10,15H2,(H,24,28). The van der Waals surface area contributed by atoms with Crippen molar-refractivity contribution >= 4 is 17.2 Å². The van der Waals surface area contributed by atoms with Crippen LogP contribution < -0.4 is 5.32 Å². The Morgan fingerprint density at radius 2 is 1.90 bits per heavy atom. The van der Waals surface area contributed by atoms with Crippen molar-refractivity contribution < 1.29 is 4.79 Å². The summed E-state index contributed by atoms with van der Waals surface area (Å²) in [6.07, 6.45) is 8.92. The number of thiazole rings is 1. The van der Waals surface area contributed by atoms with Crippen molar-refractivity contribution in [3.05, 3.63) is 88.8 Å². The van der Waals surface area contributed by atoms with Gasteiger partial charge in [0.2, 0.25) is 0 Å². The molecule has 3 heterocycles. The van der Waals surface area contributed by atoms with Crippen molar-refractivity contribution in [2.75, 3.05) is 6.54 Å². The molecule has 29 heavy (non-hydrogen) atoms. The fourth-order valence-corrected chi connectivity index (χ4v) is 3.82. The summed E-state index contributed by atoms with van der Waals surface area (Å²) in [7, 11) is 0. The van der Waals surface area contributed by atoms with Gasteiger partial charge in [-0.25, -0.2) is 4.98 Å². The van der Waals surface area contributed by atoms with Crippen molar-refractivity contribution in [1.82, 2.24) is 25.1 Å². The summed E-state index contributed by atoms with van der Waals surface area (Å²) in [5.74, 6) is -0.0488. The van der Waals surface area contributed by atoms with Gasteiger partial charge in [0.25, 0.3) is 5.91 Å². The second-order valence-corrected chi connectivity index (χ2v) is 7.57. The predicted octanol–water partition coefficient (Wildman–Crippen LogP) is 3.81. The van der Waals surface area contributed by atoms with Crippen molar-refractivity contribution in [2.24, 2.45) is 0 Å². The third kappa shape index (κ3) is 5.14. The van der Waals surface area contributed by atoms with Crippen LogP contribution in [0.3, 0.4) is 0 Å². The molecule has 1 N–H and O–H groups in total. The van der Waals surface area contributed by atoms with E-state index in [1.807, 2.05) is 53.3 Å². The molecule has 146 valence electrons. The number of nitrogens with zero attached hydrogens (tertiary/aromatic N) is 4. The van der Waals surface area contributed by atoms with E-state index in [4.69, 9.17) is 0 Å². The second kappa shape index (κ2) is 9.25. The molecule has 3 aromatic heterocycles. The molecule has 7 heteroatoms. The molecule has 0 saturated heterocycles. The maximum atomic E-state index is 12.3. The first kappa shape index (κ1) is 19.0. The quantitative estimate of drug-likeness (QED) is 0.454. The topological polar surface area (TPSA) is 72.7 Å². The summed E-state index contributed by atoms with van der Waals surface area (Å²) >= 11 is 1.65. The zero-order chi connectivity index (χ0) is 19.9. The summed E-state index contributed by atoms with van der Waals surface area (Å²) < 4.78 is 1.85. The maximum absolute atomic E-state index is 12.3. The Morgan fingerprint density at radius 1 is 1.07 bits per heavy atom. The van der Waals surface area contributed by atoms with Crippen LogP contribution in [0.4, 0.5) is 0 Å². The van der Waals surface area contributed by atoms with Crippen molar-refractivity contribution in [1.29, 1.82) is 0 Å². The Bertz CT molecular complexity index is 1040. The lowest BCUT2D eigenvalue weighted by Gasteiger charge is -2.06. The number of rotatable bonds is 8. The zero-order valence-corrected chi connectivity index (χ0v) is 16.7. The summed E-state index contributed by atoms with van der Waals surface area (Å²) in [6.45, 7) is 1.32. The SMILES string of the molecule is O=C(NCCCc1nc(-c2ccncc2)cs1)c1ccc(Cn2cccn2)cc1. The number of benzene rings is 1. The van der Waals surface area contributed by atoms with Crippen molar-refractivity contribution in [3.8, 4) is 11.3 Å². The Labute approximate surface area is 173 Å². The molecule has 0 atom stereocenters. The molecular formula is C22H21N5OS. The third-order valence-electron chi connectivity index (χ3n) is 4.50. The van der Waals surface area contributed by atoms with E-state index in [1.54, 1.807) is 29.9 Å². The molecule has 1 amide bonds. The molecule has 6 nitrogen and oxygen atoms in total. The molecule has 0 spiro atoms. The molecule has 0 aliphatic heterocycles. The molecule has 0 radical (unpaired) electrons. The van der Waals surface area contributed by atoms with Crippen LogP contribution in [0.1, 0.15) is 27.3 Å². The van der Waals surface area contributed by atoms with Gasteiger partial charge in [-0.1, -0.05) is 12.1 Å². The Balaban J connectivity index is 1.22. The van der Waals surface area contributed by atoms with E-state index >= 15 is 0 Å². The van der Waals surface area contributed by atoms with Gasteiger partial charge in [0.05, 0.1) is 17.2 Å². The van der Waals surface area contributed by atoms with Gasteiger partial charge in [0, 0.05) is 54.3 Å². The Kier molecular flexibility index (Phi) is 6.07. The minimum absolute atomic E-state index is 0.0488. The molecule has 4 aromatic rings. The molecular weight excluding hydrogens is 382 g/mol. The first-order valence-corrected chi connectivity index (χ1v) is 10.4. The number of amides is 1. The fraction of sp³-hybridized carbons (Fsp3) is 0.182. The van der Waals surface area contributed by atoms with Gasteiger partial charge in [-0.2, -0.15) is 5.10 Å². The largest absolute Gasteiger partial charge is 0.352 e. The van der Waals surface area contributed by atoms with Gasteiger partial charge in [0.15, 0.2) is 0 Å². The Hall–Kier alpha value is -3.32. The van der Waals surface area contributed by atoms with Gasteiger partial charge in [-0.15, -0.1) is 11.3 Å². The van der Waals surface area contributed by atoms with Crippen LogP contribution in [-0.2, 0) is 13.0 Å². The fourth-order valence-electron chi connectivity index (χ4n) is 2.97. The smallest absolute Gasteiger partial charge is 0.251 e. The predicted molar refractivity (Wildman–Crippen MR) is 114 cm³/mol. The maximum Gasteiger partial charge on any atom is 0.251 e. The highest BCUT2D eigenvalue weighted by atomic mass is 32.1. The number of carbonyl (C=O) groups excluding carboxylic acids is 1. The molecule has 0 bridgehead atoms. The first-order valence-electron chi connectivity index (χ1n) is 9.47. The van der Waals surface area contributed by atoms with Crippen LogP contribution in [-0.4, -0.2) is 32.2 Å². The Morgan fingerprint density at radius 3 is 2.66 bits per heavy atom. The van der Waals surface area contributed by atoms with Crippen LogP contribution in [0, 0.1) is 0 Å². The van der Waals surface area contributed by atoms with Crippen LogP contribution in [0.15, 0.2) is 72.6 Å². The molecule has 4 rings (SSSR count). The second-order valence-electron chi connectivity index (χ2n) is 6.62. The summed E-state index contributed by atoms with van der Waals surface area (Å²) in [5, 5.41) is 10.3. The number of pyridine rings is 1. The van der Waals surface area contributed by atoms with Crippen molar-refractivity contribution in [2.45, 2.75) is 19.4 Å². The number of aromatic nitrogens is 4. The van der Waals surface area contributed by atoms with Gasteiger partial charge < -0.3 is 5.32 Å². The number of hydrogen-bond acceptors (Lipinski definition) is 5. The summed E-state index contributed by atoms with van der Waals surface area (Å²) in [5.41, 5.74) is 3.83. The van der Waals surface area contributed by atoms with Gasteiger partial charge in [0.1, 0.15) is 0 Å². The van der Waals surface area contributed by atoms with E-state index in [0.29, 0.717) is 18.7 Å². The van der Waals surface area contributed by atoms with E-state index in [9.17, 15) is 4.79 Å². The van der Waals surface area contributed by atoms with Crippen LogP contribution in [0.2, 0.25) is 0 Å². The molecule has 0 unspecified atom stereocenters. The lowest BCUT2D eigenvalue weighted by atomic mass is 10.1. The van der Waals surface area contributed by atoms with Gasteiger partial charge in [-0.05, 0) is 42.3 Å². The zero-order valence-electron chi connectivity index (χ0n) is 15.9. The lowest BCUT2D eigenvalue weighted by Crippen LogP contribution is -2.24. The van der Waals surface area contributed by atoms with E-state index in [1.165, 1.54) is 0 Å². The number of carbonyl (C=O) groups is 1. The average Bonchev–Trinajstić information content (AvgIpc) is 3.44. The van der Waals surface area contributed by atoms with Crippen molar-refractivity contribution in [3.63, 3.8) is 0 Å². The summed E-state index contributed by atoms with van der Waals surface area (Å²) in [4.78, 5) is 21.0. The van der Waals surface area contributed by atoms with Gasteiger partial charge >= 0.3 is 0 Å².